The SMILES string of the molecule is Cc1c(Br)cccc1N1CCC(NC2CC2)C1. The van der Waals surface area contributed by atoms with E-state index < -0.39 is 0 Å². The number of rotatable bonds is 3. The highest BCUT2D eigenvalue weighted by atomic mass is 79.9. The standard InChI is InChI=1S/C14H19BrN2/c1-10-13(15)3-2-4-14(10)17-8-7-12(9-17)16-11-5-6-11/h2-4,11-12,16H,5-9H2,1H3. The minimum absolute atomic E-state index is 0.695. The lowest BCUT2D eigenvalue weighted by Gasteiger charge is -2.21. The second-order valence-electron chi connectivity index (χ2n) is 5.26. The van der Waals surface area contributed by atoms with Crippen molar-refractivity contribution in [1.29, 1.82) is 0 Å². The Labute approximate surface area is 112 Å². The number of nitrogens with one attached hydrogen (secondary N) is 1. The molecule has 2 aliphatic rings. The van der Waals surface area contributed by atoms with Crippen LogP contribution in [0.3, 0.4) is 0 Å². The van der Waals surface area contributed by atoms with Gasteiger partial charge >= 0.3 is 0 Å². The van der Waals surface area contributed by atoms with Gasteiger partial charge in [-0.3, -0.25) is 0 Å². The minimum Gasteiger partial charge on any atom is -0.370 e. The fraction of sp³-hybridized carbons (Fsp3) is 0.571. The molecule has 1 saturated heterocycles. The lowest BCUT2D eigenvalue weighted by Crippen LogP contribution is -2.34. The van der Waals surface area contributed by atoms with Crippen molar-refractivity contribution in [3.8, 4) is 0 Å². The van der Waals surface area contributed by atoms with Crippen LogP contribution in [0.5, 0.6) is 0 Å². The number of nitrogens with zero attached hydrogens (tertiary/aromatic N) is 1. The van der Waals surface area contributed by atoms with Crippen molar-refractivity contribution >= 4 is 21.6 Å². The molecule has 1 atom stereocenters. The topological polar surface area (TPSA) is 15.3 Å². The zero-order valence-electron chi connectivity index (χ0n) is 10.2. The van der Waals surface area contributed by atoms with Crippen molar-refractivity contribution < 1.29 is 0 Å². The first-order valence-electron chi connectivity index (χ1n) is 6.50. The maximum Gasteiger partial charge on any atom is 0.0407 e. The van der Waals surface area contributed by atoms with Gasteiger partial charge in [-0.15, -0.1) is 0 Å². The molecule has 1 aromatic rings. The Kier molecular flexibility index (Phi) is 3.14. The van der Waals surface area contributed by atoms with E-state index in [2.05, 4.69) is 51.3 Å². The van der Waals surface area contributed by atoms with Gasteiger partial charge in [-0.05, 0) is 43.9 Å². The maximum atomic E-state index is 3.73. The van der Waals surface area contributed by atoms with Crippen LogP contribution in [-0.4, -0.2) is 25.2 Å². The van der Waals surface area contributed by atoms with Crippen LogP contribution >= 0.6 is 15.9 Å². The number of anilines is 1. The molecular weight excluding hydrogens is 276 g/mol. The molecule has 0 spiro atoms. The average molecular weight is 295 g/mol. The van der Waals surface area contributed by atoms with E-state index in [0.29, 0.717) is 6.04 Å². The molecule has 1 saturated carbocycles. The van der Waals surface area contributed by atoms with Gasteiger partial charge in [-0.1, -0.05) is 22.0 Å². The Morgan fingerprint density at radius 2 is 2.06 bits per heavy atom. The molecule has 0 amide bonds. The first kappa shape index (κ1) is 11.5. The first-order valence-corrected chi connectivity index (χ1v) is 7.29. The molecule has 0 radical (unpaired) electrons. The second kappa shape index (κ2) is 4.62. The maximum absolute atomic E-state index is 3.73. The van der Waals surface area contributed by atoms with E-state index in [4.69, 9.17) is 0 Å². The lowest BCUT2D eigenvalue weighted by atomic mass is 10.2. The van der Waals surface area contributed by atoms with E-state index in [1.807, 2.05) is 0 Å². The van der Waals surface area contributed by atoms with Crippen LogP contribution in [0, 0.1) is 6.92 Å². The van der Waals surface area contributed by atoms with E-state index >= 15 is 0 Å². The van der Waals surface area contributed by atoms with E-state index in [9.17, 15) is 0 Å². The third-order valence-electron chi connectivity index (χ3n) is 3.82. The van der Waals surface area contributed by atoms with Gasteiger partial charge in [-0.25, -0.2) is 0 Å². The summed E-state index contributed by atoms with van der Waals surface area (Å²) in [5.74, 6) is 0. The quantitative estimate of drug-likeness (QED) is 0.922. The molecule has 3 rings (SSSR count). The zero-order chi connectivity index (χ0) is 11.8. The average Bonchev–Trinajstić information content (AvgIpc) is 3.00. The van der Waals surface area contributed by atoms with Crippen molar-refractivity contribution in [3.63, 3.8) is 0 Å². The van der Waals surface area contributed by atoms with Gasteiger partial charge in [0.1, 0.15) is 0 Å². The van der Waals surface area contributed by atoms with E-state index in [-0.39, 0.29) is 0 Å². The fourth-order valence-electron chi connectivity index (χ4n) is 2.64. The van der Waals surface area contributed by atoms with Crippen molar-refractivity contribution in [3.05, 3.63) is 28.2 Å². The molecule has 1 aliphatic carbocycles. The molecule has 0 bridgehead atoms. The van der Waals surface area contributed by atoms with Crippen molar-refractivity contribution in [2.45, 2.75) is 38.3 Å². The van der Waals surface area contributed by atoms with Crippen molar-refractivity contribution in [1.82, 2.24) is 5.32 Å². The number of benzene rings is 1. The van der Waals surface area contributed by atoms with Gasteiger partial charge in [0.05, 0.1) is 0 Å². The molecule has 0 aromatic heterocycles. The highest BCUT2D eigenvalue weighted by Gasteiger charge is 2.29. The Morgan fingerprint density at radius 1 is 1.24 bits per heavy atom. The number of hydrogen-bond donors (Lipinski definition) is 1. The first-order chi connectivity index (χ1) is 8.24. The predicted molar refractivity (Wildman–Crippen MR) is 75.7 cm³/mol. The van der Waals surface area contributed by atoms with Gasteiger partial charge < -0.3 is 10.2 Å². The Morgan fingerprint density at radius 3 is 2.82 bits per heavy atom. The van der Waals surface area contributed by atoms with Gasteiger partial charge in [0.25, 0.3) is 0 Å². The lowest BCUT2D eigenvalue weighted by molar-refractivity contribution is 0.548. The fourth-order valence-corrected chi connectivity index (χ4v) is 2.99. The molecule has 2 nitrogen and oxygen atoms in total. The largest absolute Gasteiger partial charge is 0.370 e. The van der Waals surface area contributed by atoms with Crippen LogP contribution in [0.15, 0.2) is 22.7 Å². The summed E-state index contributed by atoms with van der Waals surface area (Å²) in [4.78, 5) is 2.51. The number of halogens is 1. The predicted octanol–water partition coefficient (Wildman–Crippen LogP) is 3.09. The molecule has 1 heterocycles. The van der Waals surface area contributed by atoms with Crippen molar-refractivity contribution in [2.24, 2.45) is 0 Å². The normalized spacial score (nSPS) is 24.4. The van der Waals surface area contributed by atoms with Crippen LogP contribution in [0.4, 0.5) is 5.69 Å². The van der Waals surface area contributed by atoms with Crippen molar-refractivity contribution in [2.75, 3.05) is 18.0 Å². The van der Waals surface area contributed by atoms with Gasteiger partial charge in [0.15, 0.2) is 0 Å². The minimum atomic E-state index is 0.695. The van der Waals surface area contributed by atoms with E-state index in [0.717, 1.165) is 12.6 Å². The smallest absolute Gasteiger partial charge is 0.0407 e. The molecule has 2 fully saturated rings. The van der Waals surface area contributed by atoms with Gasteiger partial charge in [-0.2, -0.15) is 0 Å². The van der Waals surface area contributed by atoms with Gasteiger partial charge in [0.2, 0.25) is 0 Å². The molecule has 1 unspecified atom stereocenters. The van der Waals surface area contributed by atoms with Gasteiger partial charge in [0, 0.05) is 35.3 Å². The summed E-state index contributed by atoms with van der Waals surface area (Å²) < 4.78 is 1.22. The van der Waals surface area contributed by atoms with E-state index in [1.165, 1.54) is 41.5 Å². The summed E-state index contributed by atoms with van der Waals surface area (Å²) in [6, 6.07) is 8.01. The molecule has 92 valence electrons. The van der Waals surface area contributed by atoms with E-state index in [1.54, 1.807) is 0 Å². The molecule has 17 heavy (non-hydrogen) atoms. The summed E-state index contributed by atoms with van der Waals surface area (Å²) in [6.07, 6.45) is 4.04. The third-order valence-corrected chi connectivity index (χ3v) is 4.68. The summed E-state index contributed by atoms with van der Waals surface area (Å²) in [6.45, 7) is 4.54. The highest BCUT2D eigenvalue weighted by molar-refractivity contribution is 9.10. The highest BCUT2D eigenvalue weighted by Crippen LogP contribution is 2.30. The van der Waals surface area contributed by atoms with Crippen LogP contribution in [0.25, 0.3) is 0 Å². The molecule has 1 aliphatic heterocycles. The summed E-state index contributed by atoms with van der Waals surface area (Å²) >= 11 is 3.62. The van der Waals surface area contributed by atoms with Crippen LogP contribution in [0.2, 0.25) is 0 Å². The number of hydrogen-bond acceptors (Lipinski definition) is 2. The summed E-state index contributed by atoms with van der Waals surface area (Å²) in [7, 11) is 0. The summed E-state index contributed by atoms with van der Waals surface area (Å²) in [5.41, 5.74) is 2.75. The molecule has 1 aromatic carbocycles. The Hall–Kier alpha value is -0.540. The van der Waals surface area contributed by atoms with Crippen LogP contribution < -0.4 is 10.2 Å². The molecule has 3 heteroatoms. The molecule has 1 N–H and O–H groups in total. The third kappa shape index (κ3) is 2.50. The Balaban J connectivity index is 1.70. The van der Waals surface area contributed by atoms with Crippen LogP contribution in [-0.2, 0) is 0 Å². The molecular formula is C14H19BrN2. The monoisotopic (exact) mass is 294 g/mol. The van der Waals surface area contributed by atoms with Crippen LogP contribution in [0.1, 0.15) is 24.8 Å². The summed E-state index contributed by atoms with van der Waals surface area (Å²) in [5, 5.41) is 3.73. The zero-order valence-corrected chi connectivity index (χ0v) is 11.8. The second-order valence-corrected chi connectivity index (χ2v) is 6.11. The Bertz CT molecular complexity index is 415.